The minimum atomic E-state index is 0.0435. The van der Waals surface area contributed by atoms with Crippen LogP contribution in [0.25, 0.3) is 21.9 Å². The Bertz CT molecular complexity index is 693. The van der Waals surface area contributed by atoms with Gasteiger partial charge >= 0.3 is 0 Å². The summed E-state index contributed by atoms with van der Waals surface area (Å²) in [5.41, 5.74) is 1.98. The highest BCUT2D eigenvalue weighted by atomic mass is 16.4. The average Bonchev–Trinajstić information content (AvgIpc) is 2.95. The van der Waals surface area contributed by atoms with Crippen molar-refractivity contribution in [3.05, 3.63) is 36.3 Å². The van der Waals surface area contributed by atoms with Gasteiger partial charge < -0.3 is 14.2 Å². The summed E-state index contributed by atoms with van der Waals surface area (Å²) in [6.07, 6.45) is 3.17. The maximum absolute atomic E-state index is 12.0. The average molecular weight is 229 g/mol. The van der Waals surface area contributed by atoms with Crippen molar-refractivity contribution in [3.63, 3.8) is 0 Å². The Hall–Kier alpha value is -2.07. The Morgan fingerprint density at radius 2 is 2.00 bits per heavy atom. The number of hydrogen-bond donors (Lipinski definition) is 1. The summed E-state index contributed by atoms with van der Waals surface area (Å²) in [5.74, 6) is 0.0435. The highest BCUT2D eigenvalue weighted by Crippen LogP contribution is 2.30. The Morgan fingerprint density at radius 3 is 2.82 bits per heavy atom. The van der Waals surface area contributed by atoms with E-state index in [0.29, 0.717) is 23.3 Å². The Morgan fingerprint density at radius 1 is 1.24 bits per heavy atom. The Balaban J connectivity index is 2.33. The van der Waals surface area contributed by atoms with Gasteiger partial charge in [0, 0.05) is 16.3 Å². The van der Waals surface area contributed by atoms with Crippen LogP contribution in [0.15, 0.2) is 39.6 Å². The normalized spacial score (nSPS) is 11.4. The van der Waals surface area contributed by atoms with Crippen molar-refractivity contribution in [2.45, 2.75) is 0 Å². The number of carbonyl (C=O) groups excluding carboxylic acids is 1. The number of rotatable bonds is 3. The van der Waals surface area contributed by atoms with Crippen LogP contribution >= 0.6 is 0 Å². The number of Topliss-reactive ketones (excluding diaryl/α,β-unsaturated/α-hetero) is 1. The van der Waals surface area contributed by atoms with Gasteiger partial charge in [-0.05, 0) is 25.2 Å². The molecule has 0 spiro atoms. The van der Waals surface area contributed by atoms with Crippen molar-refractivity contribution in [1.82, 2.24) is 5.32 Å². The summed E-state index contributed by atoms with van der Waals surface area (Å²) < 4.78 is 10.8. The Kier molecular flexibility index (Phi) is 2.23. The molecule has 1 N–H and O–H groups in total. The number of likely N-dealkylation sites (N-methyl/N-ethyl adjacent to an activating group) is 1. The summed E-state index contributed by atoms with van der Waals surface area (Å²) in [7, 11) is 1.75. The molecule has 0 fully saturated rings. The summed E-state index contributed by atoms with van der Waals surface area (Å²) in [4.78, 5) is 12.0. The number of ketones is 1. The van der Waals surface area contributed by atoms with Crippen molar-refractivity contribution < 1.29 is 13.6 Å². The predicted molar refractivity (Wildman–Crippen MR) is 64.2 cm³/mol. The fraction of sp³-hybridized carbons (Fsp3) is 0.154. The van der Waals surface area contributed by atoms with Crippen LogP contribution in [-0.4, -0.2) is 19.4 Å². The molecule has 0 unspecified atom stereocenters. The number of nitrogens with one attached hydrogen (secondary N) is 1. The SMILES string of the molecule is CNCC(=O)c1cc2ccoc2c2occc12. The molecule has 0 aliphatic rings. The first-order valence-electron chi connectivity index (χ1n) is 5.36. The van der Waals surface area contributed by atoms with E-state index in [0.717, 1.165) is 10.8 Å². The van der Waals surface area contributed by atoms with Crippen LogP contribution < -0.4 is 5.32 Å². The number of benzene rings is 1. The van der Waals surface area contributed by atoms with Crippen molar-refractivity contribution >= 4 is 27.7 Å². The van der Waals surface area contributed by atoms with Crippen molar-refractivity contribution in [1.29, 1.82) is 0 Å². The second-order valence-electron chi connectivity index (χ2n) is 3.88. The second kappa shape index (κ2) is 3.75. The van der Waals surface area contributed by atoms with Gasteiger partial charge in [0.05, 0.1) is 19.1 Å². The molecule has 3 rings (SSSR count). The standard InChI is InChI=1S/C13H11NO3/c1-14-7-11(15)10-6-8-2-4-16-12(8)13-9(10)3-5-17-13/h2-6,14H,7H2,1H3. The smallest absolute Gasteiger partial charge is 0.177 e. The molecule has 0 saturated carbocycles. The van der Waals surface area contributed by atoms with E-state index < -0.39 is 0 Å². The molecule has 0 amide bonds. The van der Waals surface area contributed by atoms with E-state index in [2.05, 4.69) is 5.32 Å². The van der Waals surface area contributed by atoms with Crippen LogP contribution in [0, 0.1) is 0 Å². The molecule has 2 heterocycles. The molecular formula is C13H11NO3. The lowest BCUT2D eigenvalue weighted by molar-refractivity contribution is 0.0995. The molecule has 0 aliphatic heterocycles. The van der Waals surface area contributed by atoms with E-state index in [9.17, 15) is 4.79 Å². The van der Waals surface area contributed by atoms with E-state index in [-0.39, 0.29) is 5.78 Å². The molecule has 0 aliphatic carbocycles. The minimum Gasteiger partial charge on any atom is -0.460 e. The van der Waals surface area contributed by atoms with Gasteiger partial charge in [0.1, 0.15) is 0 Å². The molecule has 86 valence electrons. The molecule has 4 heteroatoms. The fourth-order valence-corrected chi connectivity index (χ4v) is 2.03. The van der Waals surface area contributed by atoms with Crippen LogP contribution in [0.2, 0.25) is 0 Å². The molecular weight excluding hydrogens is 218 g/mol. The summed E-state index contributed by atoms with van der Waals surface area (Å²) in [6.45, 7) is 0.309. The maximum Gasteiger partial charge on any atom is 0.177 e. The van der Waals surface area contributed by atoms with Crippen molar-refractivity contribution in [2.24, 2.45) is 0 Å². The zero-order valence-electron chi connectivity index (χ0n) is 9.32. The summed E-state index contributed by atoms with van der Waals surface area (Å²) >= 11 is 0. The summed E-state index contributed by atoms with van der Waals surface area (Å²) in [5, 5.41) is 4.54. The van der Waals surface area contributed by atoms with Gasteiger partial charge in [-0.2, -0.15) is 0 Å². The third kappa shape index (κ3) is 1.45. The zero-order valence-corrected chi connectivity index (χ0v) is 9.32. The van der Waals surface area contributed by atoms with Gasteiger partial charge in [-0.3, -0.25) is 4.79 Å². The quantitative estimate of drug-likeness (QED) is 0.701. The molecule has 1 aromatic carbocycles. The zero-order chi connectivity index (χ0) is 11.8. The first-order chi connectivity index (χ1) is 8.31. The monoisotopic (exact) mass is 229 g/mol. The van der Waals surface area contributed by atoms with Gasteiger partial charge in [0.25, 0.3) is 0 Å². The number of carbonyl (C=O) groups is 1. The molecule has 0 bridgehead atoms. The van der Waals surface area contributed by atoms with Gasteiger partial charge in [0.15, 0.2) is 16.9 Å². The number of furan rings is 2. The van der Waals surface area contributed by atoms with Crippen molar-refractivity contribution in [3.8, 4) is 0 Å². The molecule has 3 aromatic rings. The van der Waals surface area contributed by atoms with Crippen LogP contribution in [0.3, 0.4) is 0 Å². The van der Waals surface area contributed by atoms with E-state index in [1.165, 1.54) is 0 Å². The molecule has 0 atom stereocenters. The van der Waals surface area contributed by atoms with Crippen LogP contribution in [0.4, 0.5) is 0 Å². The highest BCUT2D eigenvalue weighted by Gasteiger charge is 2.16. The predicted octanol–water partition coefficient (Wildman–Crippen LogP) is 2.58. The first kappa shape index (κ1) is 10.1. The number of hydrogen-bond acceptors (Lipinski definition) is 4. The molecule has 2 aromatic heterocycles. The largest absolute Gasteiger partial charge is 0.460 e. The van der Waals surface area contributed by atoms with E-state index >= 15 is 0 Å². The topological polar surface area (TPSA) is 55.4 Å². The lowest BCUT2D eigenvalue weighted by Gasteiger charge is -2.02. The van der Waals surface area contributed by atoms with E-state index in [4.69, 9.17) is 8.83 Å². The van der Waals surface area contributed by atoms with Gasteiger partial charge in [-0.1, -0.05) is 0 Å². The molecule has 0 saturated heterocycles. The Labute approximate surface area is 97.2 Å². The van der Waals surface area contributed by atoms with Gasteiger partial charge in [-0.15, -0.1) is 0 Å². The lowest BCUT2D eigenvalue weighted by atomic mass is 10.0. The van der Waals surface area contributed by atoms with E-state index in [1.807, 2.05) is 12.1 Å². The highest BCUT2D eigenvalue weighted by molar-refractivity contribution is 6.14. The third-order valence-electron chi connectivity index (χ3n) is 2.79. The molecule has 4 nitrogen and oxygen atoms in total. The lowest BCUT2D eigenvalue weighted by Crippen LogP contribution is -2.18. The molecule has 17 heavy (non-hydrogen) atoms. The number of fused-ring (bicyclic) bond motifs is 3. The first-order valence-corrected chi connectivity index (χ1v) is 5.36. The fourth-order valence-electron chi connectivity index (χ4n) is 2.03. The van der Waals surface area contributed by atoms with E-state index in [1.54, 1.807) is 25.6 Å². The molecule has 0 radical (unpaired) electrons. The van der Waals surface area contributed by atoms with Crippen LogP contribution in [0.1, 0.15) is 10.4 Å². The maximum atomic E-state index is 12.0. The van der Waals surface area contributed by atoms with Crippen molar-refractivity contribution in [2.75, 3.05) is 13.6 Å². The summed E-state index contributed by atoms with van der Waals surface area (Å²) in [6, 6.07) is 5.46. The van der Waals surface area contributed by atoms with Crippen LogP contribution in [0.5, 0.6) is 0 Å². The second-order valence-corrected chi connectivity index (χ2v) is 3.88. The minimum absolute atomic E-state index is 0.0435. The third-order valence-corrected chi connectivity index (χ3v) is 2.79. The van der Waals surface area contributed by atoms with Gasteiger partial charge in [-0.25, -0.2) is 0 Å². The van der Waals surface area contributed by atoms with Crippen LogP contribution in [-0.2, 0) is 0 Å². The van der Waals surface area contributed by atoms with Gasteiger partial charge in [0.2, 0.25) is 0 Å².